The molecule has 2 amide bonds. The molecule has 2 aromatic rings. The Morgan fingerprint density at radius 2 is 1.65 bits per heavy atom. The lowest BCUT2D eigenvalue weighted by Crippen LogP contribution is -2.30. The van der Waals surface area contributed by atoms with Gasteiger partial charge in [0.2, 0.25) is 11.8 Å². The Kier molecular flexibility index (Phi) is 7.73. The maximum atomic E-state index is 12.2. The molecule has 0 radical (unpaired) electrons. The van der Waals surface area contributed by atoms with Gasteiger partial charge in [-0.15, -0.1) is 11.8 Å². The van der Waals surface area contributed by atoms with Gasteiger partial charge >= 0.3 is 0 Å². The first-order valence-electron chi connectivity index (χ1n) is 8.78. The van der Waals surface area contributed by atoms with E-state index in [9.17, 15) is 9.59 Å². The number of nitrogens with one attached hydrogen (secondary N) is 2. The molecule has 0 aliphatic rings. The summed E-state index contributed by atoms with van der Waals surface area (Å²) in [4.78, 5) is 24.1. The first kappa shape index (κ1) is 20.0. The molecule has 0 unspecified atom stereocenters. The number of amides is 2. The van der Waals surface area contributed by atoms with E-state index in [1.807, 2.05) is 57.2 Å². The molecule has 0 saturated heterocycles. The molecule has 4 nitrogen and oxygen atoms in total. The first-order valence-corrected chi connectivity index (χ1v) is 9.93. The van der Waals surface area contributed by atoms with Crippen molar-refractivity contribution in [3.63, 3.8) is 0 Å². The second kappa shape index (κ2) is 10.0. The van der Waals surface area contributed by atoms with E-state index in [0.29, 0.717) is 0 Å². The Balaban J connectivity index is 1.75. The van der Waals surface area contributed by atoms with E-state index in [1.54, 1.807) is 0 Å². The Bertz CT molecular complexity index is 744. The summed E-state index contributed by atoms with van der Waals surface area (Å²) in [6, 6.07) is 15.9. The van der Waals surface area contributed by atoms with Gasteiger partial charge in [0.1, 0.15) is 0 Å². The Hall–Kier alpha value is -2.27. The molecule has 0 heterocycles. The third-order valence-corrected chi connectivity index (χ3v) is 4.92. The van der Waals surface area contributed by atoms with Crippen LogP contribution in [0.2, 0.25) is 0 Å². The SMILES string of the molecule is CC[C@@H](NC(=O)CSCC(=O)Nc1cccc(C)c1)c1ccc(C)cc1. The zero-order valence-corrected chi connectivity index (χ0v) is 16.4. The average molecular weight is 371 g/mol. The molecule has 2 N–H and O–H groups in total. The number of thioether (sulfide) groups is 1. The summed E-state index contributed by atoms with van der Waals surface area (Å²) in [5, 5.41) is 5.89. The van der Waals surface area contributed by atoms with Crippen LogP contribution >= 0.6 is 11.8 Å². The van der Waals surface area contributed by atoms with Gasteiger partial charge in [-0.2, -0.15) is 0 Å². The van der Waals surface area contributed by atoms with Crippen LogP contribution in [-0.4, -0.2) is 23.3 Å². The zero-order valence-electron chi connectivity index (χ0n) is 15.5. The number of aryl methyl sites for hydroxylation is 2. The maximum absolute atomic E-state index is 12.2. The molecule has 0 bridgehead atoms. The highest BCUT2D eigenvalue weighted by Crippen LogP contribution is 2.17. The smallest absolute Gasteiger partial charge is 0.234 e. The van der Waals surface area contributed by atoms with Crippen molar-refractivity contribution in [2.24, 2.45) is 0 Å². The van der Waals surface area contributed by atoms with Crippen LogP contribution in [0.3, 0.4) is 0 Å². The summed E-state index contributed by atoms with van der Waals surface area (Å²) in [7, 11) is 0. The molecule has 0 aromatic heterocycles. The minimum absolute atomic E-state index is 0.00446. The molecule has 1 atom stereocenters. The minimum Gasteiger partial charge on any atom is -0.349 e. The summed E-state index contributed by atoms with van der Waals surface area (Å²) in [5.74, 6) is 0.372. The van der Waals surface area contributed by atoms with Gasteiger partial charge < -0.3 is 10.6 Å². The van der Waals surface area contributed by atoms with Crippen LogP contribution in [0.15, 0.2) is 48.5 Å². The van der Waals surface area contributed by atoms with Crippen LogP contribution in [0.1, 0.15) is 36.1 Å². The van der Waals surface area contributed by atoms with Crippen molar-refractivity contribution in [1.82, 2.24) is 5.32 Å². The van der Waals surface area contributed by atoms with Crippen molar-refractivity contribution in [2.75, 3.05) is 16.8 Å². The monoisotopic (exact) mass is 370 g/mol. The molecule has 0 aliphatic heterocycles. The van der Waals surface area contributed by atoms with Gasteiger partial charge in [-0.05, 0) is 43.5 Å². The van der Waals surface area contributed by atoms with Gasteiger partial charge in [0.25, 0.3) is 0 Å². The highest BCUT2D eigenvalue weighted by molar-refractivity contribution is 8.00. The summed E-state index contributed by atoms with van der Waals surface area (Å²) >= 11 is 1.32. The van der Waals surface area contributed by atoms with Crippen molar-refractivity contribution >= 4 is 29.3 Å². The molecule has 2 aromatic carbocycles. The van der Waals surface area contributed by atoms with Crippen LogP contribution in [0.5, 0.6) is 0 Å². The van der Waals surface area contributed by atoms with Crippen molar-refractivity contribution < 1.29 is 9.59 Å². The fraction of sp³-hybridized carbons (Fsp3) is 0.333. The fourth-order valence-corrected chi connectivity index (χ4v) is 3.24. The highest BCUT2D eigenvalue weighted by atomic mass is 32.2. The van der Waals surface area contributed by atoms with Crippen LogP contribution in [0, 0.1) is 13.8 Å². The van der Waals surface area contributed by atoms with Crippen molar-refractivity contribution in [1.29, 1.82) is 0 Å². The molecule has 2 rings (SSSR count). The second-order valence-corrected chi connectivity index (χ2v) is 7.34. The quantitative estimate of drug-likeness (QED) is 0.731. The topological polar surface area (TPSA) is 58.2 Å². The third-order valence-electron chi connectivity index (χ3n) is 3.99. The van der Waals surface area contributed by atoms with Crippen LogP contribution < -0.4 is 10.6 Å². The van der Waals surface area contributed by atoms with Crippen LogP contribution in [0.4, 0.5) is 5.69 Å². The standard InChI is InChI=1S/C21H26N2O2S/c1-4-19(17-10-8-15(2)9-11-17)23-21(25)14-26-13-20(24)22-18-7-5-6-16(3)12-18/h5-12,19H,4,13-14H2,1-3H3,(H,22,24)(H,23,25)/t19-/m1/s1. The van der Waals surface area contributed by atoms with Gasteiger partial charge in [-0.1, -0.05) is 48.9 Å². The van der Waals surface area contributed by atoms with E-state index in [2.05, 4.69) is 22.8 Å². The van der Waals surface area contributed by atoms with Gasteiger partial charge in [0, 0.05) is 5.69 Å². The largest absolute Gasteiger partial charge is 0.349 e. The summed E-state index contributed by atoms with van der Waals surface area (Å²) < 4.78 is 0. The molecule has 138 valence electrons. The zero-order chi connectivity index (χ0) is 18.9. The second-order valence-electron chi connectivity index (χ2n) is 6.35. The van der Waals surface area contributed by atoms with E-state index in [1.165, 1.54) is 17.3 Å². The normalized spacial score (nSPS) is 11.7. The number of benzene rings is 2. The molecular formula is C21H26N2O2S. The number of anilines is 1. The molecule has 0 spiro atoms. The average Bonchev–Trinajstić information content (AvgIpc) is 2.60. The Labute approximate surface area is 159 Å². The maximum Gasteiger partial charge on any atom is 0.234 e. The lowest BCUT2D eigenvalue weighted by atomic mass is 10.0. The van der Waals surface area contributed by atoms with E-state index >= 15 is 0 Å². The van der Waals surface area contributed by atoms with E-state index in [0.717, 1.165) is 23.2 Å². The summed E-state index contributed by atoms with van der Waals surface area (Å²) in [6.45, 7) is 6.07. The molecule has 5 heteroatoms. The predicted molar refractivity (Wildman–Crippen MR) is 109 cm³/mol. The molecule has 26 heavy (non-hydrogen) atoms. The van der Waals surface area contributed by atoms with Crippen LogP contribution in [-0.2, 0) is 9.59 Å². The first-order chi connectivity index (χ1) is 12.5. The number of carbonyl (C=O) groups is 2. The van der Waals surface area contributed by atoms with E-state index in [-0.39, 0.29) is 29.4 Å². The van der Waals surface area contributed by atoms with Gasteiger partial charge in [0.05, 0.1) is 17.5 Å². The lowest BCUT2D eigenvalue weighted by molar-refractivity contribution is -0.119. The van der Waals surface area contributed by atoms with Gasteiger partial charge in [-0.3, -0.25) is 9.59 Å². The highest BCUT2D eigenvalue weighted by Gasteiger charge is 2.13. The number of rotatable bonds is 8. The molecule has 0 saturated carbocycles. The molecular weight excluding hydrogens is 344 g/mol. The van der Waals surface area contributed by atoms with Gasteiger partial charge in [0.15, 0.2) is 0 Å². The number of hydrogen-bond donors (Lipinski definition) is 2. The summed E-state index contributed by atoms with van der Waals surface area (Å²) in [6.07, 6.45) is 0.827. The van der Waals surface area contributed by atoms with Crippen molar-refractivity contribution in [3.05, 3.63) is 65.2 Å². The van der Waals surface area contributed by atoms with E-state index < -0.39 is 0 Å². The third kappa shape index (κ3) is 6.56. The van der Waals surface area contributed by atoms with Crippen molar-refractivity contribution in [2.45, 2.75) is 33.2 Å². The summed E-state index contributed by atoms with van der Waals surface area (Å²) in [5.41, 5.74) is 4.18. The Morgan fingerprint density at radius 3 is 2.31 bits per heavy atom. The van der Waals surface area contributed by atoms with Gasteiger partial charge in [-0.25, -0.2) is 0 Å². The predicted octanol–water partition coefficient (Wildman–Crippen LogP) is 4.24. The molecule has 0 fully saturated rings. The number of carbonyl (C=O) groups excluding carboxylic acids is 2. The number of hydrogen-bond acceptors (Lipinski definition) is 3. The lowest BCUT2D eigenvalue weighted by Gasteiger charge is -2.17. The van der Waals surface area contributed by atoms with Crippen LogP contribution in [0.25, 0.3) is 0 Å². The molecule has 0 aliphatic carbocycles. The minimum atomic E-state index is -0.0982. The van der Waals surface area contributed by atoms with Crippen molar-refractivity contribution in [3.8, 4) is 0 Å². The van der Waals surface area contributed by atoms with E-state index in [4.69, 9.17) is 0 Å². The fourth-order valence-electron chi connectivity index (χ4n) is 2.61. The Morgan fingerprint density at radius 1 is 0.962 bits per heavy atom.